The van der Waals surface area contributed by atoms with Crippen molar-refractivity contribution in [3.05, 3.63) is 48.0 Å². The number of nitrogens with zero attached hydrogens (tertiary/aromatic N) is 1. The zero-order valence-corrected chi connectivity index (χ0v) is 23.7. The first-order valence-corrected chi connectivity index (χ1v) is 17.6. The van der Waals surface area contributed by atoms with E-state index in [0.29, 0.717) is 12.6 Å². The lowest BCUT2D eigenvalue weighted by atomic mass is 10.0. The van der Waals surface area contributed by atoms with E-state index in [9.17, 15) is 4.79 Å². The molecule has 1 amide bonds. The van der Waals surface area contributed by atoms with E-state index >= 15 is 0 Å². The molecule has 0 saturated carbocycles. The van der Waals surface area contributed by atoms with Crippen LogP contribution in [0.2, 0.25) is 12.6 Å². The van der Waals surface area contributed by atoms with Crippen LogP contribution in [-0.2, 0) is 20.1 Å². The van der Waals surface area contributed by atoms with E-state index in [2.05, 4.69) is 53.2 Å². The zero-order chi connectivity index (χ0) is 25.1. The molecule has 6 nitrogen and oxygen atoms in total. The van der Waals surface area contributed by atoms with Crippen molar-refractivity contribution in [2.45, 2.75) is 88.8 Å². The quantitative estimate of drug-likeness (QED) is 0.218. The Labute approximate surface area is 222 Å². The van der Waals surface area contributed by atoms with Gasteiger partial charge >= 0.3 is 14.7 Å². The van der Waals surface area contributed by atoms with Crippen molar-refractivity contribution in [3.8, 4) is 0 Å². The van der Waals surface area contributed by atoms with E-state index in [1.807, 2.05) is 17.8 Å². The third-order valence-electron chi connectivity index (χ3n) is 7.25. The van der Waals surface area contributed by atoms with Gasteiger partial charge in [0, 0.05) is 19.6 Å². The molecule has 1 aliphatic carbocycles. The van der Waals surface area contributed by atoms with Gasteiger partial charge in [0.15, 0.2) is 0 Å². The molecule has 200 valence electrons. The van der Waals surface area contributed by atoms with Crippen molar-refractivity contribution in [3.63, 3.8) is 0 Å². The first kappa shape index (κ1) is 27.7. The highest BCUT2D eigenvalue weighted by Crippen LogP contribution is 2.34. The van der Waals surface area contributed by atoms with Crippen LogP contribution >= 0.6 is 11.8 Å². The molecule has 1 aromatic carbocycles. The van der Waals surface area contributed by atoms with E-state index in [1.54, 1.807) is 0 Å². The minimum atomic E-state index is -2.02. The lowest BCUT2D eigenvalue weighted by Gasteiger charge is -2.32. The summed E-state index contributed by atoms with van der Waals surface area (Å²) in [6.45, 7) is 5.70. The summed E-state index contributed by atoms with van der Waals surface area (Å²) in [5.74, 6) is 2.17. The Balaban J connectivity index is 1.02. The second-order valence-electron chi connectivity index (χ2n) is 10.5. The molecule has 0 radical (unpaired) electrons. The number of rotatable bonds is 11. The Kier molecular flexibility index (Phi) is 11.2. The normalized spacial score (nSPS) is 28.8. The SMILES string of the molecule is C[Si]1(CCCSCCCNC(=O)OC2CCCN(Cc3ccccc3)C2)OC2CC=CCCCC2O1. The van der Waals surface area contributed by atoms with Crippen LogP contribution in [0.3, 0.4) is 0 Å². The maximum absolute atomic E-state index is 12.3. The molecule has 36 heavy (non-hydrogen) atoms. The van der Waals surface area contributed by atoms with Crippen LogP contribution in [-0.4, -0.2) is 69.0 Å². The number of fused-ring (bicyclic) bond motifs is 1. The fraction of sp³-hybridized carbons (Fsp3) is 0.679. The van der Waals surface area contributed by atoms with Crippen LogP contribution in [0.15, 0.2) is 42.5 Å². The summed E-state index contributed by atoms with van der Waals surface area (Å²) >= 11 is 1.96. The number of thioether (sulfide) groups is 1. The third kappa shape index (κ3) is 9.21. The molecule has 4 rings (SSSR count). The summed E-state index contributed by atoms with van der Waals surface area (Å²) in [4.78, 5) is 14.6. The van der Waals surface area contributed by atoms with Gasteiger partial charge in [0.1, 0.15) is 6.10 Å². The van der Waals surface area contributed by atoms with Crippen molar-refractivity contribution >= 4 is 26.4 Å². The zero-order valence-electron chi connectivity index (χ0n) is 21.9. The number of amides is 1. The number of likely N-dealkylation sites (tertiary alicyclic amines) is 1. The molecule has 2 saturated heterocycles. The molecular formula is C28H44N2O4SSi. The summed E-state index contributed by atoms with van der Waals surface area (Å²) in [7, 11) is -2.02. The van der Waals surface area contributed by atoms with Crippen molar-refractivity contribution in [2.75, 3.05) is 31.1 Å². The summed E-state index contributed by atoms with van der Waals surface area (Å²) < 4.78 is 18.6. The predicted octanol–water partition coefficient (Wildman–Crippen LogP) is 5.88. The number of allylic oxidation sites excluding steroid dienone is 1. The number of carbonyl (C=O) groups excluding carboxylic acids is 1. The van der Waals surface area contributed by atoms with Gasteiger partial charge in [-0.1, -0.05) is 42.5 Å². The van der Waals surface area contributed by atoms with Gasteiger partial charge in [0.05, 0.1) is 12.2 Å². The van der Waals surface area contributed by atoms with Gasteiger partial charge in [-0.3, -0.25) is 4.90 Å². The molecule has 4 atom stereocenters. The first-order valence-electron chi connectivity index (χ1n) is 13.9. The lowest BCUT2D eigenvalue weighted by Crippen LogP contribution is -2.41. The molecule has 1 N–H and O–H groups in total. The highest BCUT2D eigenvalue weighted by molar-refractivity contribution is 7.99. The van der Waals surface area contributed by atoms with E-state index in [-0.39, 0.29) is 18.3 Å². The third-order valence-corrected chi connectivity index (χ3v) is 11.3. The largest absolute Gasteiger partial charge is 0.445 e. The molecule has 4 unspecified atom stereocenters. The number of benzene rings is 1. The molecule has 2 aliphatic heterocycles. The van der Waals surface area contributed by atoms with Gasteiger partial charge in [-0.15, -0.1) is 0 Å². The summed E-state index contributed by atoms with van der Waals surface area (Å²) in [6.07, 6.45) is 13.5. The van der Waals surface area contributed by atoms with Gasteiger partial charge in [0.25, 0.3) is 0 Å². The molecule has 2 heterocycles. The van der Waals surface area contributed by atoms with Crippen molar-refractivity contribution in [1.29, 1.82) is 0 Å². The topological polar surface area (TPSA) is 60.0 Å². The lowest BCUT2D eigenvalue weighted by molar-refractivity contribution is 0.0398. The van der Waals surface area contributed by atoms with E-state index in [1.165, 1.54) is 18.4 Å². The summed E-state index contributed by atoms with van der Waals surface area (Å²) in [6, 6.07) is 11.6. The van der Waals surface area contributed by atoms with Crippen molar-refractivity contribution < 1.29 is 18.4 Å². The fourth-order valence-corrected chi connectivity index (χ4v) is 9.48. The average molecular weight is 533 g/mol. The molecule has 3 aliphatic rings. The Morgan fingerprint density at radius 1 is 1.11 bits per heavy atom. The summed E-state index contributed by atoms with van der Waals surface area (Å²) in [5, 5.41) is 2.94. The van der Waals surface area contributed by atoms with Gasteiger partial charge in [0.2, 0.25) is 0 Å². The van der Waals surface area contributed by atoms with E-state index < -0.39 is 8.56 Å². The Hall–Kier alpha value is -1.32. The average Bonchev–Trinajstić information content (AvgIpc) is 3.16. The maximum Gasteiger partial charge on any atom is 0.407 e. The van der Waals surface area contributed by atoms with Crippen LogP contribution in [0.25, 0.3) is 0 Å². The number of piperidine rings is 1. The Morgan fingerprint density at radius 3 is 2.83 bits per heavy atom. The number of hydrogen-bond donors (Lipinski definition) is 1. The van der Waals surface area contributed by atoms with E-state index in [0.717, 1.165) is 75.7 Å². The number of hydrogen-bond acceptors (Lipinski definition) is 6. The standard InChI is InChI=1S/C28H44N2O4SSi/c1-36(33-26-15-7-2-3-8-16-27(26)34-36)21-11-20-35-19-10-17-29-28(31)32-25-14-9-18-30(23-25)22-24-12-5-4-6-13-24/h2,4-7,12-13,25-27H,3,8-11,14-23H2,1H3,(H,29,31). The van der Waals surface area contributed by atoms with Crippen molar-refractivity contribution in [2.24, 2.45) is 0 Å². The molecule has 8 heteroatoms. The fourth-order valence-electron chi connectivity index (χ4n) is 5.42. The number of nitrogens with one attached hydrogen (secondary N) is 1. The Bertz CT molecular complexity index is 829. The van der Waals surface area contributed by atoms with Gasteiger partial charge in [-0.05, 0) is 87.6 Å². The smallest absolute Gasteiger partial charge is 0.407 e. The second kappa shape index (κ2) is 14.6. The van der Waals surface area contributed by atoms with Crippen LogP contribution in [0, 0.1) is 0 Å². The van der Waals surface area contributed by atoms with Crippen molar-refractivity contribution in [1.82, 2.24) is 10.2 Å². The predicted molar refractivity (Wildman–Crippen MR) is 150 cm³/mol. The molecule has 0 aromatic heterocycles. The first-order chi connectivity index (χ1) is 17.6. The maximum atomic E-state index is 12.3. The van der Waals surface area contributed by atoms with Gasteiger partial charge in [-0.25, -0.2) is 4.79 Å². The minimum Gasteiger partial charge on any atom is -0.445 e. The summed E-state index contributed by atoms with van der Waals surface area (Å²) in [5.41, 5.74) is 1.31. The minimum absolute atomic E-state index is 0.0176. The number of alkyl carbamates (subject to hydrolysis) is 1. The monoisotopic (exact) mass is 532 g/mol. The van der Waals surface area contributed by atoms with E-state index in [4.69, 9.17) is 13.6 Å². The molecule has 2 fully saturated rings. The van der Waals surface area contributed by atoms with Crippen LogP contribution in [0.5, 0.6) is 0 Å². The van der Waals surface area contributed by atoms with Gasteiger partial charge < -0.3 is 18.9 Å². The van der Waals surface area contributed by atoms with Crippen LogP contribution < -0.4 is 5.32 Å². The Morgan fingerprint density at radius 2 is 1.94 bits per heavy atom. The molecular weight excluding hydrogens is 488 g/mol. The second-order valence-corrected chi connectivity index (χ2v) is 14.9. The molecule has 0 spiro atoms. The van der Waals surface area contributed by atoms with Gasteiger partial charge in [-0.2, -0.15) is 11.8 Å². The molecule has 0 bridgehead atoms. The molecule has 1 aromatic rings. The highest BCUT2D eigenvalue weighted by atomic mass is 32.2. The number of carbonyl (C=O) groups is 1. The number of ether oxygens (including phenoxy) is 1. The highest BCUT2D eigenvalue weighted by Gasteiger charge is 2.45. The van der Waals surface area contributed by atoms with Crippen LogP contribution in [0.1, 0.15) is 56.9 Å². The van der Waals surface area contributed by atoms with Crippen LogP contribution in [0.4, 0.5) is 4.79 Å².